The van der Waals surface area contributed by atoms with Gasteiger partial charge in [-0.15, -0.1) is 0 Å². The average molecular weight is 425 g/mol. The first-order valence-corrected chi connectivity index (χ1v) is 14.3. The summed E-state index contributed by atoms with van der Waals surface area (Å²) in [5.41, 5.74) is 4.30. The van der Waals surface area contributed by atoms with Crippen LogP contribution in [0.3, 0.4) is 0 Å². The van der Waals surface area contributed by atoms with Crippen LogP contribution in [0.1, 0.15) is 70.9 Å². The molecule has 0 unspecified atom stereocenters. The molecule has 162 valence electrons. The van der Waals surface area contributed by atoms with Crippen molar-refractivity contribution in [2.24, 2.45) is 11.3 Å². The highest BCUT2D eigenvalue weighted by molar-refractivity contribution is 6.74. The highest BCUT2D eigenvalue weighted by Crippen LogP contribution is 2.59. The molecule has 0 N–H and O–H groups in total. The minimum Gasteiger partial charge on any atom is -0.543 e. The predicted molar refractivity (Wildman–Crippen MR) is 124 cm³/mol. The number of benzene rings is 1. The summed E-state index contributed by atoms with van der Waals surface area (Å²) >= 11 is 0. The summed E-state index contributed by atoms with van der Waals surface area (Å²) in [5.74, 6) is 2.75. The van der Waals surface area contributed by atoms with Gasteiger partial charge in [0.1, 0.15) is 11.5 Å². The number of carbonyl (C=O) groups is 1. The SMILES string of the molecule is CC(=O)OC1=CC=C2[C@@H]3CCc4cc(O[Si](C)(C)C(C)(C)C)ccc4[C@H]3CC[C@]12C. The number of hydrogen-bond acceptors (Lipinski definition) is 3. The van der Waals surface area contributed by atoms with Crippen LogP contribution in [-0.4, -0.2) is 14.3 Å². The van der Waals surface area contributed by atoms with E-state index >= 15 is 0 Å². The van der Waals surface area contributed by atoms with Crippen molar-refractivity contribution < 1.29 is 14.0 Å². The number of carbonyl (C=O) groups excluding carboxylic acids is 1. The zero-order chi connectivity index (χ0) is 21.9. The Bertz CT molecular complexity index is 934. The molecule has 3 nitrogen and oxygen atoms in total. The number of hydrogen-bond donors (Lipinski definition) is 0. The third kappa shape index (κ3) is 3.47. The highest BCUT2D eigenvalue weighted by Gasteiger charge is 2.49. The number of aryl methyl sites for hydroxylation is 1. The molecule has 0 aromatic heterocycles. The molecule has 0 spiro atoms. The summed E-state index contributed by atoms with van der Waals surface area (Å²) in [7, 11) is -1.83. The van der Waals surface area contributed by atoms with Gasteiger partial charge in [0.25, 0.3) is 0 Å². The summed E-state index contributed by atoms with van der Waals surface area (Å²) in [6, 6.07) is 6.83. The van der Waals surface area contributed by atoms with Crippen molar-refractivity contribution in [1.82, 2.24) is 0 Å². The Hall–Kier alpha value is -1.81. The molecule has 0 saturated heterocycles. The van der Waals surface area contributed by atoms with Crippen LogP contribution in [0.4, 0.5) is 0 Å². The van der Waals surface area contributed by atoms with Crippen LogP contribution < -0.4 is 4.43 Å². The third-order valence-corrected chi connectivity index (χ3v) is 12.5. The van der Waals surface area contributed by atoms with Crippen molar-refractivity contribution in [3.05, 3.63) is 52.8 Å². The monoisotopic (exact) mass is 424 g/mol. The van der Waals surface area contributed by atoms with E-state index in [1.165, 1.54) is 23.6 Å². The molecule has 1 aromatic carbocycles. The van der Waals surface area contributed by atoms with Gasteiger partial charge in [0.15, 0.2) is 0 Å². The normalized spacial score (nSPS) is 28.0. The van der Waals surface area contributed by atoms with E-state index in [1.54, 1.807) is 0 Å². The first-order valence-electron chi connectivity index (χ1n) is 11.4. The van der Waals surface area contributed by atoms with E-state index in [1.807, 2.05) is 6.08 Å². The van der Waals surface area contributed by atoms with E-state index in [2.05, 4.69) is 65.1 Å². The topological polar surface area (TPSA) is 35.5 Å². The van der Waals surface area contributed by atoms with Gasteiger partial charge in [-0.05, 0) is 91.9 Å². The molecule has 1 fully saturated rings. The van der Waals surface area contributed by atoms with E-state index < -0.39 is 8.32 Å². The second-order valence-corrected chi connectivity index (χ2v) is 15.8. The van der Waals surface area contributed by atoms with Gasteiger partial charge in [-0.25, -0.2) is 0 Å². The fourth-order valence-corrected chi connectivity index (χ4v) is 6.37. The van der Waals surface area contributed by atoms with Crippen molar-refractivity contribution in [2.75, 3.05) is 0 Å². The molecule has 0 radical (unpaired) electrons. The van der Waals surface area contributed by atoms with Gasteiger partial charge >= 0.3 is 5.97 Å². The predicted octanol–water partition coefficient (Wildman–Crippen LogP) is 6.90. The lowest BCUT2D eigenvalue weighted by Gasteiger charge is -2.46. The highest BCUT2D eigenvalue weighted by atomic mass is 28.4. The summed E-state index contributed by atoms with van der Waals surface area (Å²) < 4.78 is 12.2. The Morgan fingerprint density at radius 3 is 2.53 bits per heavy atom. The Morgan fingerprint density at radius 2 is 1.87 bits per heavy atom. The lowest BCUT2D eigenvalue weighted by atomic mass is 9.58. The number of fused-ring (bicyclic) bond motifs is 5. The second-order valence-electron chi connectivity index (χ2n) is 11.1. The van der Waals surface area contributed by atoms with Crippen molar-refractivity contribution >= 4 is 14.3 Å². The minimum atomic E-state index is -1.83. The van der Waals surface area contributed by atoms with Gasteiger partial charge in [0.2, 0.25) is 8.32 Å². The van der Waals surface area contributed by atoms with Gasteiger partial charge in [-0.1, -0.05) is 38.5 Å². The number of allylic oxidation sites excluding steroid dienone is 3. The molecule has 3 aliphatic rings. The number of ether oxygens (including phenoxy) is 1. The van der Waals surface area contributed by atoms with Crippen LogP contribution >= 0.6 is 0 Å². The van der Waals surface area contributed by atoms with Gasteiger partial charge in [0.05, 0.1) is 0 Å². The van der Waals surface area contributed by atoms with Crippen LogP contribution in [0.5, 0.6) is 5.75 Å². The minimum absolute atomic E-state index is 0.115. The number of rotatable bonds is 3. The summed E-state index contributed by atoms with van der Waals surface area (Å²) in [5, 5.41) is 0.198. The Balaban J connectivity index is 1.57. The van der Waals surface area contributed by atoms with Crippen molar-refractivity contribution in [1.29, 1.82) is 0 Å². The summed E-state index contributed by atoms with van der Waals surface area (Å²) in [6.07, 6.45) is 8.67. The smallest absolute Gasteiger partial charge is 0.307 e. The molecule has 3 atom stereocenters. The Kier molecular flexibility index (Phi) is 5.08. The van der Waals surface area contributed by atoms with E-state index in [0.717, 1.165) is 37.2 Å². The van der Waals surface area contributed by atoms with E-state index in [-0.39, 0.29) is 16.4 Å². The zero-order valence-electron chi connectivity index (χ0n) is 19.6. The summed E-state index contributed by atoms with van der Waals surface area (Å²) in [6.45, 7) is 15.2. The molecule has 4 rings (SSSR count). The molecule has 30 heavy (non-hydrogen) atoms. The quantitative estimate of drug-likeness (QED) is 0.391. The van der Waals surface area contributed by atoms with Crippen LogP contribution in [-0.2, 0) is 16.0 Å². The molecule has 0 aliphatic heterocycles. The molecule has 4 heteroatoms. The molecule has 0 heterocycles. The van der Waals surface area contributed by atoms with Crippen molar-refractivity contribution in [2.45, 2.75) is 84.4 Å². The Labute approximate surface area is 182 Å². The Morgan fingerprint density at radius 1 is 1.13 bits per heavy atom. The number of esters is 1. The van der Waals surface area contributed by atoms with Gasteiger partial charge in [-0.3, -0.25) is 4.79 Å². The zero-order valence-corrected chi connectivity index (χ0v) is 20.6. The van der Waals surface area contributed by atoms with Gasteiger partial charge in [0, 0.05) is 12.3 Å². The van der Waals surface area contributed by atoms with Crippen LogP contribution in [0, 0.1) is 11.3 Å². The lowest BCUT2D eigenvalue weighted by Crippen LogP contribution is -2.43. The first-order chi connectivity index (χ1) is 13.9. The van der Waals surface area contributed by atoms with Crippen molar-refractivity contribution in [3.8, 4) is 5.75 Å². The third-order valence-electron chi connectivity index (χ3n) is 8.11. The molecule has 1 saturated carbocycles. The van der Waals surface area contributed by atoms with Crippen LogP contribution in [0.2, 0.25) is 18.1 Å². The van der Waals surface area contributed by atoms with E-state index in [0.29, 0.717) is 11.8 Å². The largest absolute Gasteiger partial charge is 0.543 e. The lowest BCUT2D eigenvalue weighted by molar-refractivity contribution is -0.138. The van der Waals surface area contributed by atoms with Gasteiger partial charge < -0.3 is 9.16 Å². The van der Waals surface area contributed by atoms with Gasteiger partial charge in [-0.2, -0.15) is 0 Å². The molecule has 0 amide bonds. The maximum absolute atomic E-state index is 11.6. The van der Waals surface area contributed by atoms with Crippen LogP contribution in [0.15, 0.2) is 41.7 Å². The average Bonchev–Trinajstić information content (AvgIpc) is 2.96. The van der Waals surface area contributed by atoms with E-state index in [9.17, 15) is 4.79 Å². The molecular formula is C26H36O3Si. The maximum atomic E-state index is 11.6. The maximum Gasteiger partial charge on any atom is 0.307 e. The molecular weight excluding hydrogens is 388 g/mol. The standard InChI is InChI=1S/C26H36O3Si/c1-17(27)28-24-13-12-23-22-10-8-18-16-19(29-30(6,7)25(2,3)4)9-11-20(18)21(22)14-15-26(23,24)5/h9,11-13,16,21-22H,8,10,14-15H2,1-7H3/t21-,22-,26+/m1/s1. The van der Waals surface area contributed by atoms with Crippen molar-refractivity contribution in [3.63, 3.8) is 0 Å². The molecule has 3 aliphatic carbocycles. The molecule has 1 aromatic rings. The molecule has 0 bridgehead atoms. The van der Waals surface area contributed by atoms with E-state index in [4.69, 9.17) is 9.16 Å². The second kappa shape index (κ2) is 7.12. The first kappa shape index (κ1) is 21.4. The summed E-state index contributed by atoms with van der Waals surface area (Å²) in [4.78, 5) is 11.6. The van der Waals surface area contributed by atoms with Crippen LogP contribution in [0.25, 0.3) is 0 Å². The fraction of sp³-hybridized carbons (Fsp3) is 0.577. The fourth-order valence-electron chi connectivity index (χ4n) is 5.35.